The highest BCUT2D eigenvalue weighted by Gasteiger charge is 2.30. The van der Waals surface area contributed by atoms with Crippen LogP contribution in [0.5, 0.6) is 0 Å². The molecule has 2 unspecified atom stereocenters. The number of hydrogen-bond acceptors (Lipinski definition) is 10. The molecule has 0 saturated carbocycles. The molecule has 2 fully saturated rings. The number of anilines is 1. The number of aromatic amines is 1. The number of ether oxygens (including phenoxy) is 1. The van der Waals surface area contributed by atoms with E-state index in [-0.39, 0.29) is 0 Å². The number of benzene rings is 1. The van der Waals surface area contributed by atoms with Crippen LogP contribution >= 0.6 is 23.1 Å². The van der Waals surface area contributed by atoms with Crippen LogP contribution in [0.15, 0.2) is 42.2 Å². The lowest BCUT2D eigenvalue weighted by Gasteiger charge is -2.35. The zero-order chi connectivity index (χ0) is 24.6. The first kappa shape index (κ1) is 23.4. The second-order valence-electron chi connectivity index (χ2n) is 9.63. The Kier molecular flexibility index (Phi) is 6.47. The smallest absolute Gasteiger partial charge is 0.150 e. The van der Waals surface area contributed by atoms with Crippen LogP contribution in [0.3, 0.4) is 0 Å². The van der Waals surface area contributed by atoms with Crippen LogP contribution in [-0.2, 0) is 4.74 Å². The highest BCUT2D eigenvalue weighted by atomic mass is 32.2. The maximum absolute atomic E-state index is 5.58. The number of H-pyrrole nitrogens is 1. The van der Waals surface area contributed by atoms with E-state index in [1.165, 1.54) is 20.8 Å². The number of piperazine rings is 1. The van der Waals surface area contributed by atoms with Gasteiger partial charge in [-0.3, -0.25) is 10.00 Å². The Hall–Kier alpha value is -2.70. The molecule has 192 valence electrons. The number of thioether (sulfide) groups is 1. The maximum atomic E-state index is 5.58. The highest BCUT2D eigenvalue weighted by Crippen LogP contribution is 2.41. The van der Waals surface area contributed by atoms with E-state index in [9.17, 15) is 0 Å². The van der Waals surface area contributed by atoms with E-state index in [0.717, 1.165) is 81.1 Å². The first-order valence-electron chi connectivity index (χ1n) is 12.9. The number of hydrogen-bond donors (Lipinski definition) is 3. The first-order chi connectivity index (χ1) is 18.3. The van der Waals surface area contributed by atoms with Crippen LogP contribution in [0.25, 0.3) is 26.8 Å². The largest absolute Gasteiger partial charge is 0.378 e. The van der Waals surface area contributed by atoms with Crippen LogP contribution in [0.1, 0.15) is 22.9 Å². The van der Waals surface area contributed by atoms with Crippen molar-refractivity contribution in [2.24, 2.45) is 0 Å². The summed E-state index contributed by atoms with van der Waals surface area (Å²) in [6.07, 6.45) is 4.64. The Bertz CT molecular complexity index is 1420. The van der Waals surface area contributed by atoms with Gasteiger partial charge in [-0.05, 0) is 24.0 Å². The summed E-state index contributed by atoms with van der Waals surface area (Å²) in [5.41, 5.74) is 4.49. The lowest BCUT2D eigenvalue weighted by molar-refractivity contribution is 0.122. The van der Waals surface area contributed by atoms with E-state index in [2.05, 4.69) is 65.3 Å². The number of nitrogens with one attached hydrogen (secondary N) is 3. The lowest BCUT2D eigenvalue weighted by Crippen LogP contribution is -2.46. The zero-order valence-corrected chi connectivity index (χ0v) is 22.2. The molecule has 0 bridgehead atoms. The van der Waals surface area contributed by atoms with Gasteiger partial charge in [0.15, 0.2) is 0 Å². The minimum Gasteiger partial charge on any atom is -0.378 e. The van der Waals surface area contributed by atoms with Crippen LogP contribution in [0.2, 0.25) is 0 Å². The molecule has 2 atom stereocenters. The summed E-state index contributed by atoms with van der Waals surface area (Å²) < 4.78 is 6.77. The van der Waals surface area contributed by atoms with Gasteiger partial charge in [-0.2, -0.15) is 5.10 Å². The summed E-state index contributed by atoms with van der Waals surface area (Å²) in [6, 6.07) is 8.96. The molecule has 9 nitrogen and oxygen atoms in total. The Morgan fingerprint density at radius 3 is 2.89 bits per heavy atom. The van der Waals surface area contributed by atoms with E-state index in [1.54, 1.807) is 6.33 Å². The summed E-state index contributed by atoms with van der Waals surface area (Å²) in [4.78, 5) is 15.7. The normalized spacial score (nSPS) is 21.9. The van der Waals surface area contributed by atoms with E-state index in [1.807, 2.05) is 29.3 Å². The SMILES string of the molecule is C1=C(c2cccc3[nH]ncc23)NC(CC(c2cc3ncnc(N4CCOCC4)c3s2)N2CCNCC2)S1. The quantitative estimate of drug-likeness (QED) is 0.344. The summed E-state index contributed by atoms with van der Waals surface area (Å²) in [6.45, 7) is 7.40. The third-order valence-electron chi connectivity index (χ3n) is 7.42. The molecule has 0 spiro atoms. The predicted octanol–water partition coefficient (Wildman–Crippen LogP) is 3.40. The summed E-state index contributed by atoms with van der Waals surface area (Å²) in [7, 11) is 0. The lowest BCUT2D eigenvalue weighted by atomic mass is 10.1. The van der Waals surface area contributed by atoms with Crippen LogP contribution in [-0.4, -0.2) is 82.9 Å². The molecule has 2 saturated heterocycles. The molecule has 11 heteroatoms. The molecule has 3 aliphatic heterocycles. The van der Waals surface area contributed by atoms with Crippen LogP contribution in [0, 0.1) is 0 Å². The average Bonchev–Trinajstić information content (AvgIpc) is 3.72. The minimum absolute atomic E-state index is 0.298. The first-order valence-corrected chi connectivity index (χ1v) is 14.7. The minimum atomic E-state index is 0.298. The van der Waals surface area contributed by atoms with Crippen molar-refractivity contribution in [1.82, 2.24) is 35.7 Å². The van der Waals surface area contributed by atoms with Crippen molar-refractivity contribution < 1.29 is 4.74 Å². The molecule has 3 N–H and O–H groups in total. The van der Waals surface area contributed by atoms with Crippen molar-refractivity contribution in [3.8, 4) is 0 Å². The topological polar surface area (TPSA) is 94.2 Å². The summed E-state index contributed by atoms with van der Waals surface area (Å²) >= 11 is 3.75. The van der Waals surface area contributed by atoms with Crippen LogP contribution in [0.4, 0.5) is 5.82 Å². The molecule has 0 amide bonds. The van der Waals surface area contributed by atoms with Crippen molar-refractivity contribution in [2.45, 2.75) is 17.8 Å². The van der Waals surface area contributed by atoms with Gasteiger partial charge in [0, 0.05) is 66.8 Å². The van der Waals surface area contributed by atoms with Gasteiger partial charge in [-0.15, -0.1) is 23.1 Å². The van der Waals surface area contributed by atoms with E-state index in [0.29, 0.717) is 11.4 Å². The second kappa shape index (κ2) is 10.2. The molecule has 3 aliphatic rings. The Balaban J connectivity index is 1.16. The number of thiophene rings is 1. The predicted molar refractivity (Wildman–Crippen MR) is 151 cm³/mol. The van der Waals surface area contributed by atoms with Crippen molar-refractivity contribution in [3.05, 3.63) is 52.6 Å². The average molecular weight is 535 g/mol. The molecule has 7 rings (SSSR count). The summed E-state index contributed by atoms with van der Waals surface area (Å²) in [5.74, 6) is 1.05. The maximum Gasteiger partial charge on any atom is 0.150 e. The van der Waals surface area contributed by atoms with Crippen molar-refractivity contribution in [1.29, 1.82) is 0 Å². The Morgan fingerprint density at radius 1 is 1.11 bits per heavy atom. The Labute approximate surface area is 223 Å². The second-order valence-corrected chi connectivity index (χ2v) is 11.8. The molecular formula is C26H30N8OS2. The third-order valence-corrected chi connectivity index (χ3v) is 9.65. The van der Waals surface area contributed by atoms with Gasteiger partial charge in [0.1, 0.15) is 12.1 Å². The fourth-order valence-electron chi connectivity index (χ4n) is 5.52. The fourth-order valence-corrected chi connectivity index (χ4v) is 7.78. The van der Waals surface area contributed by atoms with E-state index in [4.69, 9.17) is 9.72 Å². The van der Waals surface area contributed by atoms with Gasteiger partial charge in [0.2, 0.25) is 0 Å². The van der Waals surface area contributed by atoms with E-state index < -0.39 is 0 Å². The van der Waals surface area contributed by atoms with Gasteiger partial charge in [0.25, 0.3) is 0 Å². The fraction of sp³-hybridized carbons (Fsp3) is 0.423. The Morgan fingerprint density at radius 2 is 2.00 bits per heavy atom. The molecule has 4 aromatic rings. The monoisotopic (exact) mass is 534 g/mol. The third kappa shape index (κ3) is 4.59. The molecule has 3 aromatic heterocycles. The van der Waals surface area contributed by atoms with Gasteiger partial charge in [-0.25, -0.2) is 9.97 Å². The summed E-state index contributed by atoms with van der Waals surface area (Å²) in [5, 5.41) is 18.4. The number of rotatable bonds is 6. The van der Waals surface area contributed by atoms with E-state index >= 15 is 0 Å². The van der Waals surface area contributed by atoms with Crippen molar-refractivity contribution >= 4 is 55.7 Å². The molecular weight excluding hydrogens is 504 g/mol. The number of aromatic nitrogens is 4. The van der Waals surface area contributed by atoms with Gasteiger partial charge in [0.05, 0.1) is 40.5 Å². The van der Waals surface area contributed by atoms with Crippen molar-refractivity contribution in [3.63, 3.8) is 0 Å². The highest BCUT2D eigenvalue weighted by molar-refractivity contribution is 8.03. The molecule has 0 radical (unpaired) electrons. The zero-order valence-electron chi connectivity index (χ0n) is 20.5. The number of morpholine rings is 1. The standard InChI is InChI=1S/C26H30N8OS2/c1-2-17(18-14-30-32-19(18)3-1)21-15-36-24(31-21)13-22(33-6-4-27-5-7-33)23-12-20-25(37-23)26(29-16-28-20)34-8-10-35-11-9-34/h1-3,12,14-16,22,24,27,31H,4-11,13H2,(H,30,32). The van der Waals surface area contributed by atoms with Gasteiger partial charge in [-0.1, -0.05) is 12.1 Å². The number of nitrogens with zero attached hydrogens (tertiary/aromatic N) is 5. The van der Waals surface area contributed by atoms with Crippen LogP contribution < -0.4 is 15.5 Å². The van der Waals surface area contributed by atoms with Gasteiger partial charge < -0.3 is 20.3 Å². The molecule has 37 heavy (non-hydrogen) atoms. The van der Waals surface area contributed by atoms with Crippen molar-refractivity contribution in [2.75, 3.05) is 57.4 Å². The molecule has 6 heterocycles. The van der Waals surface area contributed by atoms with Gasteiger partial charge >= 0.3 is 0 Å². The molecule has 1 aromatic carbocycles. The number of fused-ring (bicyclic) bond motifs is 2. The molecule has 0 aliphatic carbocycles.